The molecule has 7 rings (SSSR count). The first-order chi connectivity index (χ1) is 16.9. The molecule has 0 radical (unpaired) electrons. The molecule has 0 fully saturated rings. The number of para-hydroxylation sites is 2. The topological polar surface area (TPSA) is 38.7 Å². The minimum absolute atomic E-state index is 0.691. The Balaban J connectivity index is 1.57. The van der Waals surface area contributed by atoms with Crippen molar-refractivity contribution in [1.29, 1.82) is 0 Å². The zero-order valence-corrected chi connectivity index (χ0v) is 18.3. The van der Waals surface area contributed by atoms with Crippen molar-refractivity contribution in [3.8, 4) is 22.6 Å². The Morgan fingerprint density at radius 1 is 0.441 bits per heavy atom. The summed E-state index contributed by atoms with van der Waals surface area (Å²) in [5.74, 6) is 0.691. The Labute approximate surface area is 196 Å². The van der Waals surface area contributed by atoms with Gasteiger partial charge in [0, 0.05) is 28.1 Å². The standard InChI is InChI=1S/C31H19N3/c1-2-11-22-20(8-1)17-18-24-23(22)13-6-14-25(24)30-26-12-3-4-16-28(26)33-31(34-30)27-15-5-9-21-10-7-19-32-29(21)27/h1-19H. The second-order valence-electron chi connectivity index (χ2n) is 8.48. The number of nitrogens with zero attached hydrogens (tertiary/aromatic N) is 3. The van der Waals surface area contributed by atoms with Crippen molar-refractivity contribution in [3.05, 3.63) is 115 Å². The van der Waals surface area contributed by atoms with Crippen LogP contribution in [0.25, 0.3) is 66.0 Å². The van der Waals surface area contributed by atoms with Gasteiger partial charge in [0.15, 0.2) is 5.82 Å². The minimum Gasteiger partial charge on any atom is -0.255 e. The van der Waals surface area contributed by atoms with E-state index in [1.807, 2.05) is 24.4 Å². The lowest BCUT2D eigenvalue weighted by Gasteiger charge is -2.13. The molecule has 0 spiro atoms. The molecule has 3 nitrogen and oxygen atoms in total. The average Bonchev–Trinajstić information content (AvgIpc) is 2.91. The molecular weight excluding hydrogens is 414 g/mol. The molecule has 0 aliphatic carbocycles. The Kier molecular flexibility index (Phi) is 4.15. The number of hydrogen-bond donors (Lipinski definition) is 0. The van der Waals surface area contributed by atoms with E-state index in [0.29, 0.717) is 5.82 Å². The van der Waals surface area contributed by atoms with Gasteiger partial charge in [-0.2, -0.15) is 0 Å². The van der Waals surface area contributed by atoms with Crippen LogP contribution in [0.1, 0.15) is 0 Å². The molecule has 34 heavy (non-hydrogen) atoms. The van der Waals surface area contributed by atoms with Gasteiger partial charge in [-0.25, -0.2) is 9.97 Å². The van der Waals surface area contributed by atoms with Crippen LogP contribution < -0.4 is 0 Å². The van der Waals surface area contributed by atoms with Crippen molar-refractivity contribution in [1.82, 2.24) is 15.0 Å². The van der Waals surface area contributed by atoms with E-state index >= 15 is 0 Å². The number of aromatic nitrogens is 3. The first-order valence-corrected chi connectivity index (χ1v) is 11.4. The van der Waals surface area contributed by atoms with Crippen molar-refractivity contribution >= 4 is 43.4 Å². The van der Waals surface area contributed by atoms with Gasteiger partial charge in [-0.3, -0.25) is 4.98 Å². The Morgan fingerprint density at radius 2 is 1.18 bits per heavy atom. The van der Waals surface area contributed by atoms with Crippen LogP contribution in [0.15, 0.2) is 115 Å². The molecule has 0 atom stereocenters. The van der Waals surface area contributed by atoms with Crippen LogP contribution in [0, 0.1) is 0 Å². The highest BCUT2D eigenvalue weighted by Crippen LogP contribution is 2.37. The number of fused-ring (bicyclic) bond motifs is 5. The summed E-state index contributed by atoms with van der Waals surface area (Å²) in [6.45, 7) is 0. The van der Waals surface area contributed by atoms with Crippen LogP contribution in [0.4, 0.5) is 0 Å². The quantitative estimate of drug-likeness (QED) is 0.261. The molecule has 7 aromatic rings. The molecule has 0 aliphatic heterocycles. The summed E-state index contributed by atoms with van der Waals surface area (Å²) in [6.07, 6.45) is 1.82. The molecule has 0 aliphatic rings. The van der Waals surface area contributed by atoms with Crippen LogP contribution >= 0.6 is 0 Å². The first kappa shape index (κ1) is 18.9. The fourth-order valence-corrected chi connectivity index (χ4v) is 4.93. The first-order valence-electron chi connectivity index (χ1n) is 11.4. The zero-order valence-electron chi connectivity index (χ0n) is 18.3. The third-order valence-corrected chi connectivity index (χ3v) is 6.52. The monoisotopic (exact) mass is 433 g/mol. The lowest BCUT2D eigenvalue weighted by molar-refractivity contribution is 1.23. The number of pyridine rings is 1. The van der Waals surface area contributed by atoms with E-state index in [4.69, 9.17) is 9.97 Å². The van der Waals surface area contributed by atoms with Gasteiger partial charge >= 0.3 is 0 Å². The molecule has 3 heteroatoms. The molecule has 0 unspecified atom stereocenters. The maximum Gasteiger partial charge on any atom is 0.162 e. The van der Waals surface area contributed by atoms with Gasteiger partial charge in [0.05, 0.1) is 16.7 Å². The molecule has 5 aromatic carbocycles. The maximum absolute atomic E-state index is 5.17. The van der Waals surface area contributed by atoms with Crippen LogP contribution in [0.3, 0.4) is 0 Å². The van der Waals surface area contributed by atoms with E-state index in [1.165, 1.54) is 21.5 Å². The van der Waals surface area contributed by atoms with Crippen molar-refractivity contribution < 1.29 is 0 Å². The fourth-order valence-electron chi connectivity index (χ4n) is 4.93. The molecule has 0 N–H and O–H groups in total. The summed E-state index contributed by atoms with van der Waals surface area (Å²) in [7, 11) is 0. The number of rotatable bonds is 2. The SMILES string of the molecule is c1cnc2c(-c3nc(-c4cccc5c4ccc4ccccc45)c4ccccc4n3)cccc2c1. The third-order valence-electron chi connectivity index (χ3n) is 6.52. The Bertz CT molecular complexity index is 1870. The van der Waals surface area contributed by atoms with Crippen LogP contribution in [0.2, 0.25) is 0 Å². The maximum atomic E-state index is 5.17. The van der Waals surface area contributed by atoms with Crippen molar-refractivity contribution in [3.63, 3.8) is 0 Å². The molecule has 2 aromatic heterocycles. The van der Waals surface area contributed by atoms with Gasteiger partial charge in [-0.15, -0.1) is 0 Å². The summed E-state index contributed by atoms with van der Waals surface area (Å²) in [4.78, 5) is 14.8. The summed E-state index contributed by atoms with van der Waals surface area (Å²) in [6, 6.07) is 37.9. The second kappa shape index (κ2) is 7.46. The molecule has 0 bridgehead atoms. The van der Waals surface area contributed by atoms with E-state index in [-0.39, 0.29) is 0 Å². The van der Waals surface area contributed by atoms with Crippen molar-refractivity contribution in [2.75, 3.05) is 0 Å². The van der Waals surface area contributed by atoms with Gasteiger partial charge < -0.3 is 0 Å². The lowest BCUT2D eigenvalue weighted by atomic mass is 9.95. The van der Waals surface area contributed by atoms with E-state index in [2.05, 4.69) is 96.0 Å². The largest absolute Gasteiger partial charge is 0.255 e. The van der Waals surface area contributed by atoms with Crippen molar-refractivity contribution in [2.24, 2.45) is 0 Å². The third kappa shape index (κ3) is 2.87. The molecule has 158 valence electrons. The van der Waals surface area contributed by atoms with Gasteiger partial charge in [0.25, 0.3) is 0 Å². The minimum atomic E-state index is 0.691. The van der Waals surface area contributed by atoms with E-state index in [1.54, 1.807) is 0 Å². The Hall–Kier alpha value is -4.63. The lowest BCUT2D eigenvalue weighted by Crippen LogP contribution is -1.97. The second-order valence-corrected chi connectivity index (χ2v) is 8.48. The molecule has 0 saturated carbocycles. The zero-order chi connectivity index (χ0) is 22.5. The summed E-state index contributed by atoms with van der Waals surface area (Å²) >= 11 is 0. The average molecular weight is 434 g/mol. The summed E-state index contributed by atoms with van der Waals surface area (Å²) < 4.78 is 0. The number of hydrogen-bond acceptors (Lipinski definition) is 3. The molecule has 0 amide bonds. The van der Waals surface area contributed by atoms with Crippen molar-refractivity contribution in [2.45, 2.75) is 0 Å². The van der Waals surface area contributed by atoms with Crippen LogP contribution in [-0.4, -0.2) is 15.0 Å². The van der Waals surface area contributed by atoms with E-state index < -0.39 is 0 Å². The molecule has 0 saturated heterocycles. The highest BCUT2D eigenvalue weighted by atomic mass is 14.9. The molecular formula is C31H19N3. The summed E-state index contributed by atoms with van der Waals surface area (Å²) in [5.41, 5.74) is 4.82. The normalized spacial score (nSPS) is 11.5. The Morgan fingerprint density at radius 3 is 2.15 bits per heavy atom. The smallest absolute Gasteiger partial charge is 0.162 e. The predicted octanol–water partition coefficient (Wildman–Crippen LogP) is 7.82. The number of benzene rings is 5. The molecule has 2 heterocycles. The van der Waals surface area contributed by atoms with Crippen LogP contribution in [0.5, 0.6) is 0 Å². The van der Waals surface area contributed by atoms with Gasteiger partial charge in [0.2, 0.25) is 0 Å². The van der Waals surface area contributed by atoms with E-state index in [0.717, 1.165) is 38.6 Å². The highest BCUT2D eigenvalue weighted by Gasteiger charge is 2.16. The van der Waals surface area contributed by atoms with Gasteiger partial charge in [-0.05, 0) is 39.7 Å². The summed E-state index contributed by atoms with van der Waals surface area (Å²) in [5, 5.41) is 7.02. The van der Waals surface area contributed by atoms with Crippen LogP contribution in [-0.2, 0) is 0 Å². The van der Waals surface area contributed by atoms with Gasteiger partial charge in [0.1, 0.15) is 0 Å². The fraction of sp³-hybridized carbons (Fsp3) is 0. The van der Waals surface area contributed by atoms with Gasteiger partial charge in [-0.1, -0.05) is 91.0 Å². The predicted molar refractivity (Wildman–Crippen MR) is 141 cm³/mol. The van der Waals surface area contributed by atoms with E-state index in [9.17, 15) is 0 Å². The highest BCUT2D eigenvalue weighted by molar-refractivity contribution is 6.13.